The van der Waals surface area contributed by atoms with Crippen LogP contribution in [0.3, 0.4) is 0 Å². The van der Waals surface area contributed by atoms with Crippen LogP contribution >= 0.6 is 23.4 Å². The topological polar surface area (TPSA) is 38.9 Å². The first-order valence-electron chi connectivity index (χ1n) is 5.61. The zero-order chi connectivity index (χ0) is 14.8. The normalized spacial score (nSPS) is 11.7. The molecule has 0 atom stereocenters. The molecule has 2 aromatic rings. The van der Waals surface area contributed by atoms with Gasteiger partial charge in [0.25, 0.3) is 0 Å². The van der Waals surface area contributed by atoms with Crippen molar-refractivity contribution in [3.8, 4) is 0 Å². The van der Waals surface area contributed by atoms with E-state index in [1.807, 2.05) is 0 Å². The van der Waals surface area contributed by atoms with Crippen molar-refractivity contribution in [3.63, 3.8) is 0 Å². The van der Waals surface area contributed by atoms with Gasteiger partial charge in [-0.15, -0.1) is 0 Å². The Kier molecular flexibility index (Phi) is 4.57. The zero-order valence-electron chi connectivity index (χ0n) is 10.1. The van der Waals surface area contributed by atoms with Gasteiger partial charge in [-0.1, -0.05) is 29.4 Å². The quantitative estimate of drug-likeness (QED) is 0.913. The van der Waals surface area contributed by atoms with E-state index in [1.54, 1.807) is 24.4 Å². The van der Waals surface area contributed by atoms with Gasteiger partial charge in [0, 0.05) is 17.6 Å². The third-order valence-electron chi connectivity index (χ3n) is 2.57. The van der Waals surface area contributed by atoms with Gasteiger partial charge in [0.2, 0.25) is 0 Å². The second kappa shape index (κ2) is 6.03. The number of alkyl halides is 3. The Labute approximate surface area is 123 Å². The van der Waals surface area contributed by atoms with Gasteiger partial charge in [0.1, 0.15) is 5.03 Å². The Hall–Kier alpha value is -1.24. The molecule has 20 heavy (non-hydrogen) atoms. The van der Waals surface area contributed by atoms with Crippen molar-refractivity contribution in [2.75, 3.05) is 0 Å². The third-order valence-corrected chi connectivity index (χ3v) is 4.11. The van der Waals surface area contributed by atoms with Crippen LogP contribution < -0.4 is 5.73 Å². The van der Waals surface area contributed by atoms with Crippen LogP contribution in [0.1, 0.15) is 11.1 Å². The fourth-order valence-corrected chi connectivity index (χ4v) is 2.93. The molecular formula is C13H10ClF3N2S. The highest BCUT2D eigenvalue weighted by Crippen LogP contribution is 2.41. The van der Waals surface area contributed by atoms with E-state index in [-0.39, 0.29) is 17.1 Å². The maximum absolute atomic E-state index is 13.0. The molecule has 0 fully saturated rings. The highest BCUT2D eigenvalue weighted by atomic mass is 35.5. The predicted octanol–water partition coefficient (Wildman–Crippen LogP) is 4.36. The number of hydrogen-bond donors (Lipinski definition) is 1. The smallest absolute Gasteiger partial charge is 0.326 e. The van der Waals surface area contributed by atoms with Gasteiger partial charge in [0.05, 0.1) is 10.6 Å². The van der Waals surface area contributed by atoms with Crippen LogP contribution in [0.5, 0.6) is 0 Å². The summed E-state index contributed by atoms with van der Waals surface area (Å²) in [6.07, 6.45) is -2.90. The Bertz CT molecular complexity index is 603. The standard InChI is InChI=1S/C13H10ClF3N2S/c14-10-5-4-9(13(15,16)17)8(7-18)12(10)20-11-3-1-2-6-19-11/h1-6H,7,18H2. The van der Waals surface area contributed by atoms with Gasteiger partial charge in [-0.05, 0) is 29.8 Å². The van der Waals surface area contributed by atoms with Gasteiger partial charge in [-0.2, -0.15) is 13.2 Å². The average Bonchev–Trinajstić information content (AvgIpc) is 2.40. The summed E-state index contributed by atoms with van der Waals surface area (Å²) in [5.41, 5.74) is 4.70. The van der Waals surface area contributed by atoms with Crippen molar-refractivity contribution < 1.29 is 13.2 Å². The monoisotopic (exact) mass is 318 g/mol. The number of rotatable bonds is 3. The molecule has 0 spiro atoms. The van der Waals surface area contributed by atoms with E-state index in [2.05, 4.69) is 4.98 Å². The molecule has 2 nitrogen and oxygen atoms in total. The lowest BCUT2D eigenvalue weighted by Gasteiger charge is -2.16. The molecule has 0 amide bonds. The molecule has 0 saturated carbocycles. The average molecular weight is 319 g/mol. The summed E-state index contributed by atoms with van der Waals surface area (Å²) in [7, 11) is 0. The molecule has 1 heterocycles. The number of pyridine rings is 1. The van der Waals surface area contributed by atoms with Crippen LogP contribution in [0.25, 0.3) is 0 Å². The van der Waals surface area contributed by atoms with Crippen molar-refractivity contribution in [2.45, 2.75) is 22.6 Å². The molecule has 0 bridgehead atoms. The highest BCUT2D eigenvalue weighted by molar-refractivity contribution is 7.99. The Morgan fingerprint density at radius 3 is 2.50 bits per heavy atom. The van der Waals surface area contributed by atoms with Gasteiger partial charge in [0.15, 0.2) is 0 Å². The fourth-order valence-electron chi connectivity index (χ4n) is 1.69. The summed E-state index contributed by atoms with van der Waals surface area (Å²) in [6.45, 7) is -0.245. The lowest BCUT2D eigenvalue weighted by molar-refractivity contribution is -0.138. The molecule has 0 radical (unpaired) electrons. The largest absolute Gasteiger partial charge is 0.416 e. The van der Waals surface area contributed by atoms with Crippen molar-refractivity contribution in [2.24, 2.45) is 5.73 Å². The van der Waals surface area contributed by atoms with E-state index in [1.165, 1.54) is 6.07 Å². The molecule has 0 unspecified atom stereocenters. The van der Waals surface area contributed by atoms with Crippen LogP contribution in [0.2, 0.25) is 5.02 Å². The second-order valence-electron chi connectivity index (χ2n) is 3.87. The first-order valence-corrected chi connectivity index (χ1v) is 6.80. The van der Waals surface area contributed by atoms with Crippen LogP contribution in [-0.2, 0) is 12.7 Å². The predicted molar refractivity (Wildman–Crippen MR) is 72.7 cm³/mol. The van der Waals surface area contributed by atoms with Crippen LogP contribution in [0, 0.1) is 0 Å². The fraction of sp³-hybridized carbons (Fsp3) is 0.154. The number of hydrogen-bond acceptors (Lipinski definition) is 3. The third kappa shape index (κ3) is 3.26. The Balaban J connectivity index is 2.51. The molecule has 2 rings (SSSR count). The van der Waals surface area contributed by atoms with Gasteiger partial charge in [-0.3, -0.25) is 0 Å². The summed E-state index contributed by atoms with van der Waals surface area (Å²) in [5.74, 6) is 0. The van der Waals surface area contributed by atoms with E-state index in [0.29, 0.717) is 9.92 Å². The molecule has 1 aromatic heterocycles. The van der Waals surface area contributed by atoms with E-state index in [9.17, 15) is 13.2 Å². The van der Waals surface area contributed by atoms with Gasteiger partial charge < -0.3 is 5.73 Å². The molecule has 7 heteroatoms. The summed E-state index contributed by atoms with van der Waals surface area (Å²) >= 11 is 7.08. The zero-order valence-corrected chi connectivity index (χ0v) is 11.7. The Morgan fingerprint density at radius 1 is 1.20 bits per heavy atom. The molecule has 1 aromatic carbocycles. The molecule has 0 aliphatic carbocycles. The second-order valence-corrected chi connectivity index (χ2v) is 5.31. The van der Waals surface area contributed by atoms with Crippen LogP contribution in [-0.4, -0.2) is 4.98 Å². The van der Waals surface area contributed by atoms with E-state index >= 15 is 0 Å². The van der Waals surface area contributed by atoms with E-state index in [0.717, 1.165) is 17.8 Å². The highest BCUT2D eigenvalue weighted by Gasteiger charge is 2.34. The van der Waals surface area contributed by atoms with Crippen molar-refractivity contribution in [1.29, 1.82) is 0 Å². The number of benzene rings is 1. The summed E-state index contributed by atoms with van der Waals surface area (Å²) < 4.78 is 38.9. The van der Waals surface area contributed by atoms with Crippen molar-refractivity contribution in [1.82, 2.24) is 4.98 Å². The van der Waals surface area contributed by atoms with Crippen molar-refractivity contribution >= 4 is 23.4 Å². The van der Waals surface area contributed by atoms with Crippen LogP contribution in [0.4, 0.5) is 13.2 Å². The van der Waals surface area contributed by atoms with E-state index in [4.69, 9.17) is 17.3 Å². The molecule has 0 aliphatic rings. The Morgan fingerprint density at radius 2 is 1.95 bits per heavy atom. The number of nitrogens with zero attached hydrogens (tertiary/aromatic N) is 1. The van der Waals surface area contributed by atoms with E-state index < -0.39 is 11.7 Å². The molecular weight excluding hydrogens is 309 g/mol. The SMILES string of the molecule is NCc1c(C(F)(F)F)ccc(Cl)c1Sc1ccccn1. The van der Waals surface area contributed by atoms with Crippen molar-refractivity contribution in [3.05, 3.63) is 52.7 Å². The summed E-state index contributed by atoms with van der Waals surface area (Å²) in [5, 5.41) is 0.789. The minimum Gasteiger partial charge on any atom is -0.326 e. The maximum Gasteiger partial charge on any atom is 0.416 e. The lowest BCUT2D eigenvalue weighted by Crippen LogP contribution is -2.13. The minimum atomic E-state index is -4.46. The first-order chi connectivity index (χ1) is 9.43. The molecule has 0 saturated heterocycles. The van der Waals surface area contributed by atoms with Gasteiger partial charge >= 0.3 is 6.18 Å². The molecule has 2 N–H and O–H groups in total. The number of aromatic nitrogens is 1. The summed E-state index contributed by atoms with van der Waals surface area (Å²) in [6, 6.07) is 7.35. The lowest BCUT2D eigenvalue weighted by atomic mass is 10.1. The minimum absolute atomic E-state index is 0.0133. The van der Waals surface area contributed by atoms with Gasteiger partial charge in [-0.25, -0.2) is 4.98 Å². The molecule has 106 valence electrons. The van der Waals surface area contributed by atoms with Crippen LogP contribution in [0.15, 0.2) is 46.5 Å². The number of nitrogens with two attached hydrogens (primary N) is 1. The first kappa shape index (κ1) is 15.2. The maximum atomic E-state index is 13.0. The summed E-state index contributed by atoms with van der Waals surface area (Å²) in [4.78, 5) is 4.36. The number of halogens is 4. The molecule has 0 aliphatic heterocycles.